The van der Waals surface area contributed by atoms with E-state index in [9.17, 15) is 9.18 Å². The van der Waals surface area contributed by atoms with Gasteiger partial charge in [-0.1, -0.05) is 19.1 Å². The van der Waals surface area contributed by atoms with Crippen LogP contribution in [0.2, 0.25) is 0 Å². The van der Waals surface area contributed by atoms with E-state index in [0.29, 0.717) is 0 Å². The minimum atomic E-state index is -0.942. The zero-order valence-electron chi connectivity index (χ0n) is 11.1. The molecule has 1 atom stereocenters. The van der Waals surface area contributed by atoms with Crippen molar-refractivity contribution in [3.8, 4) is 0 Å². The van der Waals surface area contributed by atoms with Crippen molar-refractivity contribution in [3.05, 3.63) is 65.5 Å². The Morgan fingerprint density at radius 3 is 2.25 bits per heavy atom. The molecule has 2 aromatic carbocycles. The first-order valence-corrected chi connectivity index (χ1v) is 6.45. The van der Waals surface area contributed by atoms with Gasteiger partial charge in [-0.05, 0) is 48.4 Å². The number of rotatable bonds is 5. The molecule has 0 saturated heterocycles. The normalized spacial score (nSPS) is 11.9. The molecule has 0 saturated carbocycles. The maximum atomic E-state index is 12.9. The summed E-state index contributed by atoms with van der Waals surface area (Å²) in [6.45, 7) is 2.03. The van der Waals surface area contributed by atoms with Crippen molar-refractivity contribution in [2.75, 3.05) is 5.32 Å². The number of carboxylic acids is 1. The molecule has 0 aromatic heterocycles. The lowest BCUT2D eigenvalue weighted by Gasteiger charge is -2.19. The third-order valence-corrected chi connectivity index (χ3v) is 3.15. The van der Waals surface area contributed by atoms with Gasteiger partial charge in [0.2, 0.25) is 0 Å². The van der Waals surface area contributed by atoms with Crippen LogP contribution in [0.3, 0.4) is 0 Å². The van der Waals surface area contributed by atoms with Gasteiger partial charge >= 0.3 is 5.97 Å². The van der Waals surface area contributed by atoms with Crippen molar-refractivity contribution in [2.24, 2.45) is 0 Å². The molecule has 0 aliphatic rings. The Bertz CT molecular complexity index is 578. The monoisotopic (exact) mass is 273 g/mol. The van der Waals surface area contributed by atoms with E-state index in [1.165, 1.54) is 12.1 Å². The molecule has 0 bridgehead atoms. The molecule has 0 aliphatic carbocycles. The molecule has 0 radical (unpaired) electrons. The molecule has 0 fully saturated rings. The van der Waals surface area contributed by atoms with Crippen LogP contribution in [0.1, 0.15) is 35.3 Å². The lowest BCUT2D eigenvalue weighted by molar-refractivity contribution is 0.0697. The molecule has 0 aliphatic heterocycles. The second-order valence-electron chi connectivity index (χ2n) is 4.54. The van der Waals surface area contributed by atoms with E-state index in [4.69, 9.17) is 5.11 Å². The van der Waals surface area contributed by atoms with E-state index in [-0.39, 0.29) is 17.4 Å². The third kappa shape index (κ3) is 3.35. The molecule has 3 nitrogen and oxygen atoms in total. The summed E-state index contributed by atoms with van der Waals surface area (Å²) in [6, 6.07) is 13.0. The van der Waals surface area contributed by atoms with Crippen molar-refractivity contribution in [3.63, 3.8) is 0 Å². The molecular formula is C16H16FNO2. The van der Waals surface area contributed by atoms with E-state index in [2.05, 4.69) is 5.32 Å². The highest BCUT2D eigenvalue weighted by molar-refractivity contribution is 5.88. The molecule has 20 heavy (non-hydrogen) atoms. The number of hydrogen-bond donors (Lipinski definition) is 2. The minimum absolute atomic E-state index is 0.0614. The number of halogens is 1. The highest BCUT2D eigenvalue weighted by Gasteiger charge is 2.09. The quantitative estimate of drug-likeness (QED) is 0.862. The zero-order valence-corrected chi connectivity index (χ0v) is 11.1. The molecule has 2 N–H and O–H groups in total. The predicted octanol–water partition coefficient (Wildman–Crippen LogP) is 4.09. The smallest absolute Gasteiger partial charge is 0.335 e. The second kappa shape index (κ2) is 6.19. The Labute approximate surface area is 117 Å². The fourth-order valence-corrected chi connectivity index (χ4v) is 2.03. The van der Waals surface area contributed by atoms with Crippen LogP contribution in [0.5, 0.6) is 0 Å². The lowest BCUT2D eigenvalue weighted by atomic mass is 10.0. The average Bonchev–Trinajstić information content (AvgIpc) is 2.46. The topological polar surface area (TPSA) is 49.3 Å². The average molecular weight is 273 g/mol. The number of carboxylic acid groups (broad SMARTS) is 1. The summed E-state index contributed by atoms with van der Waals surface area (Å²) < 4.78 is 12.9. The SMILES string of the molecule is CCC(Nc1ccc(C(=O)O)cc1)c1ccc(F)cc1. The summed E-state index contributed by atoms with van der Waals surface area (Å²) >= 11 is 0. The first-order chi connectivity index (χ1) is 9.60. The third-order valence-electron chi connectivity index (χ3n) is 3.15. The van der Waals surface area contributed by atoms with Gasteiger partial charge in [-0.3, -0.25) is 0 Å². The van der Waals surface area contributed by atoms with Gasteiger partial charge in [0.05, 0.1) is 11.6 Å². The first-order valence-electron chi connectivity index (χ1n) is 6.45. The fourth-order valence-electron chi connectivity index (χ4n) is 2.03. The Kier molecular flexibility index (Phi) is 4.35. The van der Waals surface area contributed by atoms with Gasteiger partial charge in [-0.2, -0.15) is 0 Å². The second-order valence-corrected chi connectivity index (χ2v) is 4.54. The number of benzene rings is 2. The summed E-state index contributed by atoms with van der Waals surface area (Å²) in [5.41, 5.74) is 2.09. The Hall–Kier alpha value is -2.36. The maximum absolute atomic E-state index is 12.9. The van der Waals surface area contributed by atoms with Crippen LogP contribution in [0.15, 0.2) is 48.5 Å². The van der Waals surface area contributed by atoms with Gasteiger partial charge in [0.1, 0.15) is 5.82 Å². The number of anilines is 1. The van der Waals surface area contributed by atoms with Crippen LogP contribution in [-0.2, 0) is 0 Å². The van der Waals surface area contributed by atoms with Crippen molar-refractivity contribution < 1.29 is 14.3 Å². The standard InChI is InChI=1S/C16H16FNO2/c1-2-15(11-3-7-13(17)8-4-11)18-14-9-5-12(6-10-14)16(19)20/h3-10,15,18H,2H2,1H3,(H,19,20). The number of aromatic carboxylic acids is 1. The van der Waals surface area contributed by atoms with Gasteiger partial charge < -0.3 is 10.4 Å². The molecule has 2 aromatic rings. The predicted molar refractivity (Wildman–Crippen MR) is 76.5 cm³/mol. The van der Waals surface area contributed by atoms with Gasteiger partial charge in [0, 0.05) is 5.69 Å². The van der Waals surface area contributed by atoms with E-state index in [0.717, 1.165) is 17.7 Å². The molecule has 4 heteroatoms. The zero-order chi connectivity index (χ0) is 14.5. The number of nitrogens with one attached hydrogen (secondary N) is 1. The van der Waals surface area contributed by atoms with Crippen molar-refractivity contribution in [1.82, 2.24) is 0 Å². The lowest BCUT2D eigenvalue weighted by Crippen LogP contribution is -2.09. The maximum Gasteiger partial charge on any atom is 0.335 e. The molecule has 104 valence electrons. The van der Waals surface area contributed by atoms with E-state index in [1.54, 1.807) is 36.4 Å². The van der Waals surface area contributed by atoms with Gasteiger partial charge in [0.15, 0.2) is 0 Å². The highest BCUT2D eigenvalue weighted by atomic mass is 19.1. The van der Waals surface area contributed by atoms with Gasteiger partial charge in [0.25, 0.3) is 0 Å². The molecule has 1 unspecified atom stereocenters. The van der Waals surface area contributed by atoms with Crippen LogP contribution < -0.4 is 5.32 Å². The Morgan fingerprint density at radius 2 is 1.75 bits per heavy atom. The summed E-state index contributed by atoms with van der Waals surface area (Å²) in [5, 5.41) is 12.2. The summed E-state index contributed by atoms with van der Waals surface area (Å²) in [6.07, 6.45) is 0.840. The fraction of sp³-hybridized carbons (Fsp3) is 0.188. The summed E-state index contributed by atoms with van der Waals surface area (Å²) in [4.78, 5) is 10.8. The van der Waals surface area contributed by atoms with Crippen molar-refractivity contribution in [2.45, 2.75) is 19.4 Å². The summed E-state index contributed by atoms with van der Waals surface area (Å²) in [7, 11) is 0. The van der Waals surface area contributed by atoms with Gasteiger partial charge in [-0.25, -0.2) is 9.18 Å². The van der Waals surface area contributed by atoms with Crippen LogP contribution >= 0.6 is 0 Å². The minimum Gasteiger partial charge on any atom is -0.478 e. The first kappa shape index (κ1) is 14.1. The van der Waals surface area contributed by atoms with Crippen molar-refractivity contribution in [1.29, 1.82) is 0 Å². The molecule has 0 spiro atoms. The molecule has 2 rings (SSSR count). The van der Waals surface area contributed by atoms with E-state index >= 15 is 0 Å². The van der Waals surface area contributed by atoms with E-state index in [1.807, 2.05) is 6.92 Å². The van der Waals surface area contributed by atoms with Crippen LogP contribution in [0.25, 0.3) is 0 Å². The van der Waals surface area contributed by atoms with Crippen molar-refractivity contribution >= 4 is 11.7 Å². The highest BCUT2D eigenvalue weighted by Crippen LogP contribution is 2.23. The Balaban J connectivity index is 2.13. The van der Waals surface area contributed by atoms with Crippen LogP contribution in [0, 0.1) is 5.82 Å². The van der Waals surface area contributed by atoms with Crippen LogP contribution in [0.4, 0.5) is 10.1 Å². The van der Waals surface area contributed by atoms with Crippen LogP contribution in [-0.4, -0.2) is 11.1 Å². The number of carbonyl (C=O) groups is 1. The van der Waals surface area contributed by atoms with E-state index < -0.39 is 5.97 Å². The van der Waals surface area contributed by atoms with Gasteiger partial charge in [-0.15, -0.1) is 0 Å². The Morgan fingerprint density at radius 1 is 1.15 bits per heavy atom. The largest absolute Gasteiger partial charge is 0.478 e. The molecule has 0 heterocycles. The summed E-state index contributed by atoms with van der Waals surface area (Å²) in [5.74, 6) is -1.20. The number of hydrogen-bond acceptors (Lipinski definition) is 2. The molecular weight excluding hydrogens is 257 g/mol. The molecule has 0 amide bonds.